The number of anilines is 1. The highest BCUT2D eigenvalue weighted by molar-refractivity contribution is 5.95. The lowest BCUT2D eigenvalue weighted by Crippen LogP contribution is -2.41. The van der Waals surface area contributed by atoms with E-state index >= 15 is 0 Å². The number of carboxylic acid groups (broad SMARTS) is 1. The van der Waals surface area contributed by atoms with Crippen LogP contribution in [0.3, 0.4) is 0 Å². The van der Waals surface area contributed by atoms with Gasteiger partial charge in [-0.25, -0.2) is 4.79 Å². The van der Waals surface area contributed by atoms with Gasteiger partial charge in [0.25, 0.3) is 0 Å². The molecule has 2 amide bonds. The number of rotatable bonds is 2. The van der Waals surface area contributed by atoms with Crippen LogP contribution in [0.15, 0.2) is 24.3 Å². The van der Waals surface area contributed by atoms with Crippen molar-refractivity contribution >= 4 is 17.7 Å². The van der Waals surface area contributed by atoms with Gasteiger partial charge in [0.1, 0.15) is 0 Å². The monoisotopic (exact) mass is 288 g/mol. The van der Waals surface area contributed by atoms with Crippen molar-refractivity contribution in [2.45, 2.75) is 25.7 Å². The van der Waals surface area contributed by atoms with Gasteiger partial charge in [-0.3, -0.25) is 9.69 Å². The van der Waals surface area contributed by atoms with Crippen molar-refractivity contribution in [3.8, 4) is 0 Å². The number of carbonyl (C=O) groups excluding carboxylic acids is 1. The first kappa shape index (κ1) is 13.9. The van der Waals surface area contributed by atoms with Crippen molar-refractivity contribution in [3.63, 3.8) is 0 Å². The Bertz CT molecular complexity index is 572. The van der Waals surface area contributed by atoms with E-state index in [0.29, 0.717) is 12.5 Å². The maximum atomic E-state index is 12.7. The van der Waals surface area contributed by atoms with Gasteiger partial charge in [0.05, 0.1) is 6.42 Å². The Hall–Kier alpha value is -2.04. The van der Waals surface area contributed by atoms with Gasteiger partial charge in [0, 0.05) is 31.2 Å². The normalized spacial score (nSPS) is 24.2. The van der Waals surface area contributed by atoms with Crippen molar-refractivity contribution in [3.05, 3.63) is 29.8 Å². The van der Waals surface area contributed by atoms with Gasteiger partial charge >= 0.3 is 12.0 Å². The third kappa shape index (κ3) is 2.60. The highest BCUT2D eigenvalue weighted by atomic mass is 16.4. The number of nitrogens with zero attached hydrogens (tertiary/aromatic N) is 2. The van der Waals surface area contributed by atoms with E-state index in [1.807, 2.05) is 29.2 Å². The Balaban J connectivity index is 1.84. The second kappa shape index (κ2) is 5.39. The number of likely N-dealkylation sites (tertiary alicyclic amines) is 1. The van der Waals surface area contributed by atoms with Gasteiger partial charge in [-0.2, -0.15) is 0 Å². The van der Waals surface area contributed by atoms with Crippen LogP contribution in [-0.2, 0) is 4.79 Å². The molecule has 5 nitrogen and oxygen atoms in total. The van der Waals surface area contributed by atoms with E-state index in [2.05, 4.69) is 6.92 Å². The largest absolute Gasteiger partial charge is 0.481 e. The molecule has 0 saturated carbocycles. The molecular weight excluding hydrogens is 268 g/mol. The van der Waals surface area contributed by atoms with Crippen LogP contribution in [-0.4, -0.2) is 41.6 Å². The summed E-state index contributed by atoms with van der Waals surface area (Å²) in [5.41, 5.74) is 1.84. The number of amides is 2. The highest BCUT2D eigenvalue weighted by Gasteiger charge is 2.36. The molecule has 0 aliphatic carbocycles. The standard InChI is InChI=1S/C16H20N2O3/c1-11-6-7-17(9-11)16(21)18-10-12(8-15(19)20)13-4-2-3-5-14(13)18/h2-5,11-12H,6-10H2,1H3,(H,19,20). The van der Waals surface area contributed by atoms with E-state index in [9.17, 15) is 9.59 Å². The predicted molar refractivity (Wildman–Crippen MR) is 79.5 cm³/mol. The molecule has 2 aliphatic rings. The number of hydrogen-bond donors (Lipinski definition) is 1. The van der Waals surface area contributed by atoms with Gasteiger partial charge in [0.2, 0.25) is 0 Å². The molecule has 0 radical (unpaired) electrons. The lowest BCUT2D eigenvalue weighted by atomic mass is 9.98. The van der Waals surface area contributed by atoms with Crippen molar-refractivity contribution in [2.75, 3.05) is 24.5 Å². The molecule has 1 aromatic carbocycles. The van der Waals surface area contributed by atoms with Crippen LogP contribution < -0.4 is 4.90 Å². The summed E-state index contributed by atoms with van der Waals surface area (Å²) < 4.78 is 0. The molecule has 0 bridgehead atoms. The summed E-state index contributed by atoms with van der Waals surface area (Å²) in [7, 11) is 0. The average molecular weight is 288 g/mol. The van der Waals surface area contributed by atoms with Crippen LogP contribution in [0.2, 0.25) is 0 Å². The highest BCUT2D eigenvalue weighted by Crippen LogP contribution is 2.38. The zero-order valence-corrected chi connectivity index (χ0v) is 12.2. The van der Waals surface area contributed by atoms with E-state index in [0.717, 1.165) is 30.8 Å². The number of para-hydroxylation sites is 1. The molecule has 2 unspecified atom stereocenters. The van der Waals surface area contributed by atoms with Gasteiger partial charge in [-0.1, -0.05) is 25.1 Å². The summed E-state index contributed by atoms with van der Waals surface area (Å²) in [5.74, 6) is -0.386. The molecular formula is C16H20N2O3. The van der Waals surface area contributed by atoms with Crippen LogP contribution in [0.25, 0.3) is 0 Å². The van der Waals surface area contributed by atoms with Crippen molar-refractivity contribution in [2.24, 2.45) is 5.92 Å². The molecule has 5 heteroatoms. The van der Waals surface area contributed by atoms with E-state index in [-0.39, 0.29) is 18.4 Å². The summed E-state index contributed by atoms with van der Waals surface area (Å²) >= 11 is 0. The second-order valence-electron chi connectivity index (χ2n) is 6.09. The van der Waals surface area contributed by atoms with E-state index in [1.165, 1.54) is 0 Å². The Morgan fingerprint density at radius 3 is 2.71 bits per heavy atom. The smallest absolute Gasteiger partial charge is 0.324 e. The lowest BCUT2D eigenvalue weighted by Gasteiger charge is -2.25. The minimum absolute atomic E-state index is 0.0136. The van der Waals surface area contributed by atoms with Crippen molar-refractivity contribution < 1.29 is 14.7 Å². The third-order valence-electron chi connectivity index (χ3n) is 4.42. The maximum absolute atomic E-state index is 12.7. The Morgan fingerprint density at radius 1 is 1.29 bits per heavy atom. The number of benzene rings is 1. The molecule has 2 atom stereocenters. The number of fused-ring (bicyclic) bond motifs is 1. The first-order chi connectivity index (χ1) is 10.1. The van der Waals surface area contributed by atoms with Crippen LogP contribution in [0.4, 0.5) is 10.5 Å². The molecule has 2 heterocycles. The minimum atomic E-state index is -0.820. The summed E-state index contributed by atoms with van der Waals surface area (Å²) in [6.07, 6.45) is 1.11. The Morgan fingerprint density at radius 2 is 2.05 bits per heavy atom. The molecule has 0 aromatic heterocycles. The molecule has 1 fully saturated rings. The number of carboxylic acids is 1. The number of aliphatic carboxylic acids is 1. The zero-order chi connectivity index (χ0) is 15.0. The van der Waals surface area contributed by atoms with Crippen LogP contribution >= 0.6 is 0 Å². The zero-order valence-electron chi connectivity index (χ0n) is 12.2. The molecule has 2 aliphatic heterocycles. The molecule has 3 rings (SSSR count). The molecule has 0 spiro atoms. The Kier molecular flexibility index (Phi) is 3.57. The fourth-order valence-electron chi connectivity index (χ4n) is 3.34. The minimum Gasteiger partial charge on any atom is -0.481 e. The fourth-order valence-corrected chi connectivity index (χ4v) is 3.34. The number of carbonyl (C=O) groups is 2. The van der Waals surface area contributed by atoms with E-state index < -0.39 is 5.97 Å². The van der Waals surface area contributed by atoms with E-state index in [4.69, 9.17) is 5.11 Å². The number of hydrogen-bond acceptors (Lipinski definition) is 2. The van der Waals surface area contributed by atoms with Gasteiger partial charge in [0.15, 0.2) is 0 Å². The SMILES string of the molecule is CC1CCN(C(=O)N2CC(CC(=O)O)c3ccccc32)C1. The summed E-state index contributed by atoms with van der Waals surface area (Å²) in [6.45, 7) is 4.21. The van der Waals surface area contributed by atoms with Crippen LogP contribution in [0.5, 0.6) is 0 Å². The van der Waals surface area contributed by atoms with Gasteiger partial charge in [-0.05, 0) is 24.0 Å². The van der Waals surface area contributed by atoms with Crippen LogP contribution in [0, 0.1) is 5.92 Å². The van der Waals surface area contributed by atoms with E-state index in [1.54, 1.807) is 4.90 Å². The average Bonchev–Trinajstić information content (AvgIpc) is 3.03. The predicted octanol–water partition coefficient (Wildman–Crippen LogP) is 2.53. The van der Waals surface area contributed by atoms with Crippen molar-refractivity contribution in [1.82, 2.24) is 4.90 Å². The first-order valence-corrected chi connectivity index (χ1v) is 7.43. The molecule has 1 N–H and O–H groups in total. The second-order valence-corrected chi connectivity index (χ2v) is 6.09. The Labute approximate surface area is 124 Å². The summed E-state index contributed by atoms with van der Waals surface area (Å²) in [6, 6.07) is 7.66. The quantitative estimate of drug-likeness (QED) is 0.909. The summed E-state index contributed by atoms with van der Waals surface area (Å²) in [5, 5.41) is 9.06. The third-order valence-corrected chi connectivity index (χ3v) is 4.42. The molecule has 21 heavy (non-hydrogen) atoms. The van der Waals surface area contributed by atoms with Crippen LogP contribution in [0.1, 0.15) is 31.2 Å². The number of urea groups is 1. The maximum Gasteiger partial charge on any atom is 0.324 e. The molecule has 1 aromatic rings. The topological polar surface area (TPSA) is 60.9 Å². The molecule has 1 saturated heterocycles. The van der Waals surface area contributed by atoms with Gasteiger partial charge < -0.3 is 10.0 Å². The van der Waals surface area contributed by atoms with Gasteiger partial charge in [-0.15, -0.1) is 0 Å². The lowest BCUT2D eigenvalue weighted by molar-refractivity contribution is -0.137. The summed E-state index contributed by atoms with van der Waals surface area (Å²) in [4.78, 5) is 27.3. The first-order valence-electron chi connectivity index (χ1n) is 7.43. The van der Waals surface area contributed by atoms with Crippen molar-refractivity contribution in [1.29, 1.82) is 0 Å². The molecule has 112 valence electrons. The fraction of sp³-hybridized carbons (Fsp3) is 0.500.